The van der Waals surface area contributed by atoms with Crippen molar-refractivity contribution in [3.05, 3.63) is 0 Å². The van der Waals surface area contributed by atoms with Crippen LogP contribution in [0.25, 0.3) is 0 Å². The Morgan fingerprint density at radius 2 is 1.88 bits per heavy atom. The van der Waals surface area contributed by atoms with Gasteiger partial charge in [0.2, 0.25) is 0 Å². The fraction of sp³-hybridized carbons (Fsp3) is 0.929. The number of rotatable bonds is 9. The van der Waals surface area contributed by atoms with Gasteiger partial charge in [0.25, 0.3) is 0 Å². The molecule has 0 bridgehead atoms. The summed E-state index contributed by atoms with van der Waals surface area (Å²) >= 11 is 0. The fourth-order valence-corrected chi connectivity index (χ4v) is 1.50. The highest BCUT2D eigenvalue weighted by Crippen LogP contribution is 2.24. The summed E-state index contributed by atoms with van der Waals surface area (Å²) in [4.78, 5) is 10.2. The zero-order valence-corrected chi connectivity index (χ0v) is 11.6. The van der Waals surface area contributed by atoms with Gasteiger partial charge in [0, 0.05) is 13.0 Å². The van der Waals surface area contributed by atoms with E-state index in [0.29, 0.717) is 13.0 Å². The number of aldehydes is 1. The molecule has 0 aliphatic carbocycles. The number of carbonyl (C=O) groups is 1. The zero-order chi connectivity index (χ0) is 12.6. The van der Waals surface area contributed by atoms with Crippen molar-refractivity contribution in [3.63, 3.8) is 0 Å². The molecule has 0 aromatic rings. The van der Waals surface area contributed by atoms with Crippen LogP contribution in [-0.2, 0) is 9.53 Å². The second-order valence-electron chi connectivity index (χ2n) is 5.68. The van der Waals surface area contributed by atoms with Crippen molar-refractivity contribution in [2.75, 3.05) is 6.61 Å². The molecule has 0 saturated heterocycles. The van der Waals surface area contributed by atoms with Crippen LogP contribution in [0.2, 0.25) is 0 Å². The predicted molar refractivity (Wildman–Crippen MR) is 68.6 cm³/mol. The monoisotopic (exact) mass is 228 g/mol. The quantitative estimate of drug-likeness (QED) is 0.443. The lowest BCUT2D eigenvalue weighted by molar-refractivity contribution is -0.108. The van der Waals surface area contributed by atoms with Crippen LogP contribution in [0.15, 0.2) is 0 Å². The first-order valence-electron chi connectivity index (χ1n) is 6.46. The summed E-state index contributed by atoms with van der Waals surface area (Å²) in [5.41, 5.74) is -0.0496. The lowest BCUT2D eigenvalue weighted by Gasteiger charge is -2.27. The molecule has 2 nitrogen and oxygen atoms in total. The first kappa shape index (κ1) is 15.6. The largest absolute Gasteiger partial charge is 0.376 e. The van der Waals surface area contributed by atoms with E-state index in [1.807, 2.05) is 0 Å². The number of ether oxygens (including phenoxy) is 1. The molecule has 0 amide bonds. The fourth-order valence-electron chi connectivity index (χ4n) is 1.50. The number of hydrogen-bond donors (Lipinski definition) is 0. The highest BCUT2D eigenvalue weighted by molar-refractivity contribution is 5.48. The minimum atomic E-state index is -0.0496. The maximum Gasteiger partial charge on any atom is 0.120 e. The van der Waals surface area contributed by atoms with E-state index >= 15 is 0 Å². The first-order chi connectivity index (χ1) is 7.39. The molecule has 0 rings (SSSR count). The van der Waals surface area contributed by atoms with E-state index in [2.05, 4.69) is 34.6 Å². The van der Waals surface area contributed by atoms with E-state index in [-0.39, 0.29) is 5.60 Å². The van der Waals surface area contributed by atoms with E-state index in [0.717, 1.165) is 31.0 Å². The summed E-state index contributed by atoms with van der Waals surface area (Å²) in [6.45, 7) is 11.8. The Morgan fingerprint density at radius 1 is 1.25 bits per heavy atom. The van der Waals surface area contributed by atoms with E-state index in [9.17, 15) is 4.79 Å². The molecular weight excluding hydrogens is 200 g/mol. The zero-order valence-electron chi connectivity index (χ0n) is 11.6. The molecule has 0 N–H and O–H groups in total. The van der Waals surface area contributed by atoms with E-state index in [1.165, 1.54) is 6.42 Å². The van der Waals surface area contributed by atoms with Crippen LogP contribution >= 0.6 is 0 Å². The summed E-state index contributed by atoms with van der Waals surface area (Å²) in [6, 6.07) is 0. The Bertz CT molecular complexity index is 185. The van der Waals surface area contributed by atoms with Crippen molar-refractivity contribution >= 4 is 6.29 Å². The van der Waals surface area contributed by atoms with Crippen molar-refractivity contribution in [1.82, 2.24) is 0 Å². The van der Waals surface area contributed by atoms with E-state index < -0.39 is 0 Å². The van der Waals surface area contributed by atoms with Crippen LogP contribution in [0.1, 0.15) is 60.3 Å². The Kier molecular flexibility index (Phi) is 7.65. The lowest BCUT2D eigenvalue weighted by atomic mass is 9.89. The molecule has 96 valence electrons. The Balaban J connectivity index is 3.72. The van der Waals surface area contributed by atoms with Gasteiger partial charge in [-0.25, -0.2) is 0 Å². The molecule has 1 atom stereocenters. The van der Waals surface area contributed by atoms with Crippen LogP contribution in [-0.4, -0.2) is 18.5 Å². The second-order valence-corrected chi connectivity index (χ2v) is 5.68. The molecule has 0 saturated carbocycles. The van der Waals surface area contributed by atoms with Crippen LogP contribution in [0.3, 0.4) is 0 Å². The molecule has 16 heavy (non-hydrogen) atoms. The van der Waals surface area contributed by atoms with Gasteiger partial charge in [-0.1, -0.05) is 20.8 Å². The number of carbonyl (C=O) groups excluding carboxylic acids is 1. The third kappa shape index (κ3) is 7.86. The van der Waals surface area contributed by atoms with Crippen LogP contribution in [0.5, 0.6) is 0 Å². The maximum atomic E-state index is 10.2. The topological polar surface area (TPSA) is 26.3 Å². The van der Waals surface area contributed by atoms with Gasteiger partial charge in [-0.2, -0.15) is 0 Å². The lowest BCUT2D eigenvalue weighted by Crippen LogP contribution is -2.26. The summed E-state index contributed by atoms with van der Waals surface area (Å²) in [7, 11) is 0. The molecular formula is C14H28O2. The number of hydrogen-bond acceptors (Lipinski definition) is 2. The van der Waals surface area contributed by atoms with Gasteiger partial charge in [0.05, 0.1) is 5.60 Å². The Labute approximate surface area is 101 Å². The van der Waals surface area contributed by atoms with Gasteiger partial charge in [0.1, 0.15) is 6.29 Å². The minimum absolute atomic E-state index is 0.0496. The van der Waals surface area contributed by atoms with E-state index in [1.54, 1.807) is 0 Å². The average molecular weight is 228 g/mol. The molecule has 0 aliphatic rings. The van der Waals surface area contributed by atoms with E-state index in [4.69, 9.17) is 4.74 Å². The van der Waals surface area contributed by atoms with Crippen molar-refractivity contribution < 1.29 is 9.53 Å². The van der Waals surface area contributed by atoms with Crippen LogP contribution in [0, 0.1) is 11.8 Å². The Morgan fingerprint density at radius 3 is 2.38 bits per heavy atom. The highest BCUT2D eigenvalue weighted by atomic mass is 16.5. The maximum absolute atomic E-state index is 10.2. The molecule has 2 heteroatoms. The summed E-state index contributed by atoms with van der Waals surface area (Å²) in [5.74, 6) is 1.49. The summed E-state index contributed by atoms with van der Waals surface area (Å²) in [5, 5.41) is 0. The standard InChI is InChI=1S/C14H28O2/c1-12(2)13(3)8-9-14(4,5)16-11-7-6-10-15/h10,12-13H,6-9,11H2,1-5H3. The molecule has 0 spiro atoms. The van der Waals surface area contributed by atoms with Crippen molar-refractivity contribution in [2.45, 2.75) is 65.9 Å². The molecule has 0 radical (unpaired) electrons. The van der Waals surface area contributed by atoms with Crippen LogP contribution in [0.4, 0.5) is 0 Å². The smallest absolute Gasteiger partial charge is 0.120 e. The highest BCUT2D eigenvalue weighted by Gasteiger charge is 2.20. The summed E-state index contributed by atoms with van der Waals surface area (Å²) in [6.07, 6.45) is 4.70. The van der Waals surface area contributed by atoms with Gasteiger partial charge in [-0.15, -0.1) is 0 Å². The predicted octanol–water partition coefficient (Wildman–Crippen LogP) is 3.83. The Hall–Kier alpha value is -0.370. The normalized spacial score (nSPS) is 14.1. The molecule has 0 aromatic heterocycles. The molecule has 0 fully saturated rings. The third-order valence-electron chi connectivity index (χ3n) is 3.30. The SMILES string of the molecule is CC(C)C(C)CCC(C)(C)OCCCC=O. The van der Waals surface area contributed by atoms with Gasteiger partial charge in [0.15, 0.2) is 0 Å². The van der Waals surface area contributed by atoms with Crippen molar-refractivity contribution in [3.8, 4) is 0 Å². The first-order valence-corrected chi connectivity index (χ1v) is 6.46. The molecule has 0 heterocycles. The molecule has 1 unspecified atom stereocenters. The third-order valence-corrected chi connectivity index (χ3v) is 3.30. The second kappa shape index (κ2) is 7.83. The van der Waals surface area contributed by atoms with Gasteiger partial charge in [-0.05, 0) is 44.9 Å². The molecule has 0 aromatic carbocycles. The summed E-state index contributed by atoms with van der Waals surface area (Å²) < 4.78 is 5.80. The minimum Gasteiger partial charge on any atom is -0.376 e. The molecule has 0 aliphatic heterocycles. The number of unbranched alkanes of at least 4 members (excludes halogenated alkanes) is 1. The van der Waals surface area contributed by atoms with Crippen molar-refractivity contribution in [2.24, 2.45) is 11.8 Å². The van der Waals surface area contributed by atoms with Crippen LogP contribution < -0.4 is 0 Å². The van der Waals surface area contributed by atoms with Crippen molar-refractivity contribution in [1.29, 1.82) is 0 Å². The average Bonchev–Trinajstić information content (AvgIpc) is 2.21. The van der Waals surface area contributed by atoms with Gasteiger partial charge in [-0.3, -0.25) is 0 Å². The van der Waals surface area contributed by atoms with Gasteiger partial charge < -0.3 is 9.53 Å². The van der Waals surface area contributed by atoms with Gasteiger partial charge >= 0.3 is 0 Å².